The van der Waals surface area contributed by atoms with E-state index < -0.39 is 48.0 Å². The van der Waals surface area contributed by atoms with E-state index in [1.807, 2.05) is 26.0 Å². The van der Waals surface area contributed by atoms with Crippen LogP contribution in [0.1, 0.15) is 70.1 Å². The van der Waals surface area contributed by atoms with Gasteiger partial charge in [-0.1, -0.05) is 38.0 Å². The molecule has 1 fully saturated rings. The molecule has 9 nitrogen and oxygen atoms in total. The number of likely N-dealkylation sites (tertiary alicyclic amines) is 1. The average molecular weight is 609 g/mol. The molecule has 0 radical (unpaired) electrons. The molecule has 0 bridgehead atoms. The van der Waals surface area contributed by atoms with Crippen molar-refractivity contribution in [1.29, 1.82) is 0 Å². The predicted octanol–water partition coefficient (Wildman–Crippen LogP) is 4.82. The molecule has 2 amide bonds. The summed E-state index contributed by atoms with van der Waals surface area (Å²) in [5, 5.41) is 40.7. The van der Waals surface area contributed by atoms with Crippen LogP contribution < -0.4 is 0 Å². The van der Waals surface area contributed by atoms with E-state index in [1.165, 1.54) is 17.0 Å². The molecule has 1 saturated heterocycles. The van der Waals surface area contributed by atoms with Gasteiger partial charge < -0.3 is 20.4 Å². The molecular formula is C34H41FN2O7. The summed E-state index contributed by atoms with van der Waals surface area (Å²) >= 11 is 0. The number of amides is 2. The lowest BCUT2D eigenvalue weighted by molar-refractivity contribution is -0.141. The summed E-state index contributed by atoms with van der Waals surface area (Å²) in [7, 11) is 0. The van der Waals surface area contributed by atoms with Crippen LogP contribution in [0, 0.1) is 29.5 Å². The van der Waals surface area contributed by atoms with Crippen LogP contribution in [0.3, 0.4) is 0 Å². The molecule has 2 aliphatic rings. The van der Waals surface area contributed by atoms with Gasteiger partial charge in [0.05, 0.1) is 30.2 Å². The quantitative estimate of drug-likeness (QED) is 0.136. The number of pyridine rings is 1. The number of halogens is 1. The lowest BCUT2D eigenvalue weighted by Gasteiger charge is -2.38. The number of nitrogens with zero attached hydrogens (tertiary/aromatic N) is 2. The van der Waals surface area contributed by atoms with E-state index in [-0.39, 0.29) is 37.1 Å². The van der Waals surface area contributed by atoms with E-state index in [2.05, 4.69) is 4.98 Å². The molecule has 1 aromatic heterocycles. The number of imide groups is 1. The fraction of sp³-hybridized carbons (Fsp3) is 0.471. The Balaban J connectivity index is 1.57. The van der Waals surface area contributed by atoms with Gasteiger partial charge in [-0.2, -0.15) is 0 Å². The van der Waals surface area contributed by atoms with Crippen molar-refractivity contribution in [2.45, 2.75) is 64.9 Å². The molecule has 10 heteroatoms. The molecular weight excluding hydrogens is 567 g/mol. The van der Waals surface area contributed by atoms with E-state index >= 15 is 0 Å². The number of carboxylic acids is 1. The van der Waals surface area contributed by atoms with Gasteiger partial charge >= 0.3 is 5.97 Å². The monoisotopic (exact) mass is 608 g/mol. The predicted molar refractivity (Wildman–Crippen MR) is 162 cm³/mol. The second-order valence-electron chi connectivity index (χ2n) is 11.9. The second kappa shape index (κ2) is 14.7. The van der Waals surface area contributed by atoms with Gasteiger partial charge in [0.15, 0.2) is 11.6 Å². The minimum absolute atomic E-state index is 0.0334. The zero-order chi connectivity index (χ0) is 32.0. The standard InChI is InChI=1S/C34H41FN2O7/c1-20(2)23-18-24-32(34(44)37(33(24)43)15-7-3-4-9-30(41)42)25(19-38)31(23)29(40)13-11-22(27-8-5-6-14-36-27)16-21-10-12-28(39)26(35)17-21/h5-6,8,10,12,14,16-17,20,24-25,29,32,38-40H,3-4,7,9,11,13,15,18-19H2,1-2H3,(H,41,42)/b22-16-/t24-,25+,29-,32-/m1/s1. The summed E-state index contributed by atoms with van der Waals surface area (Å²) < 4.78 is 14.1. The number of carbonyl (C=O) groups excluding carboxylic acids is 2. The first kappa shape index (κ1) is 33.0. The van der Waals surface area contributed by atoms with Gasteiger partial charge in [-0.05, 0) is 85.1 Å². The Kier molecular flexibility index (Phi) is 11.0. The van der Waals surface area contributed by atoms with Crippen LogP contribution in [0.5, 0.6) is 5.75 Å². The number of benzene rings is 1. The highest BCUT2D eigenvalue weighted by Gasteiger charge is 2.54. The Morgan fingerprint density at radius 1 is 1.11 bits per heavy atom. The van der Waals surface area contributed by atoms with Crippen molar-refractivity contribution in [2.24, 2.45) is 23.7 Å². The van der Waals surface area contributed by atoms with E-state index in [4.69, 9.17) is 5.11 Å². The molecule has 2 heterocycles. The molecule has 236 valence electrons. The fourth-order valence-corrected chi connectivity index (χ4v) is 6.54. The molecule has 2 aromatic rings. The highest BCUT2D eigenvalue weighted by molar-refractivity contribution is 6.05. The number of carbonyl (C=O) groups is 3. The van der Waals surface area contributed by atoms with Crippen molar-refractivity contribution in [3.63, 3.8) is 0 Å². The second-order valence-corrected chi connectivity index (χ2v) is 11.9. The van der Waals surface area contributed by atoms with E-state index in [0.717, 1.165) is 11.1 Å². The molecule has 1 aromatic carbocycles. The summed E-state index contributed by atoms with van der Waals surface area (Å²) in [4.78, 5) is 43.5. The molecule has 0 saturated carbocycles. The number of allylic oxidation sites excluding steroid dienone is 2. The minimum Gasteiger partial charge on any atom is -0.505 e. The van der Waals surface area contributed by atoms with Crippen LogP contribution >= 0.6 is 0 Å². The minimum atomic E-state index is -1.01. The molecule has 4 atom stereocenters. The van der Waals surface area contributed by atoms with E-state index in [1.54, 1.807) is 24.4 Å². The first-order valence-corrected chi connectivity index (χ1v) is 15.2. The third-order valence-corrected chi connectivity index (χ3v) is 8.73. The SMILES string of the molecule is CC(C)C1=C([C@H](O)CC/C(=C/c2ccc(O)c(F)c2)c2ccccn2)[C@H](CO)[C@@H]2C(=O)N(CCCCCC(=O)O)C(=O)[C@@H]2C1. The van der Waals surface area contributed by atoms with Crippen LogP contribution in [0.2, 0.25) is 0 Å². The van der Waals surface area contributed by atoms with Crippen LogP contribution in [0.25, 0.3) is 11.6 Å². The average Bonchev–Trinajstić information content (AvgIpc) is 3.24. The van der Waals surface area contributed by atoms with Crippen LogP contribution in [0.15, 0.2) is 53.7 Å². The largest absolute Gasteiger partial charge is 0.505 e. The molecule has 1 aliphatic heterocycles. The third kappa shape index (κ3) is 7.42. The number of rotatable bonds is 14. The first-order valence-electron chi connectivity index (χ1n) is 15.2. The van der Waals surface area contributed by atoms with Gasteiger partial charge in [0.1, 0.15) is 0 Å². The van der Waals surface area contributed by atoms with Crippen molar-refractivity contribution < 1.29 is 39.2 Å². The molecule has 4 N–H and O–H groups in total. The van der Waals surface area contributed by atoms with Crippen LogP contribution in [-0.4, -0.2) is 67.3 Å². The zero-order valence-corrected chi connectivity index (χ0v) is 25.2. The zero-order valence-electron chi connectivity index (χ0n) is 25.2. The molecule has 1 aliphatic carbocycles. The number of hydrogen-bond acceptors (Lipinski definition) is 7. The number of aliphatic carboxylic acids is 1. The van der Waals surface area contributed by atoms with E-state index in [9.17, 15) is 34.1 Å². The van der Waals surface area contributed by atoms with Gasteiger partial charge in [0.2, 0.25) is 11.8 Å². The smallest absolute Gasteiger partial charge is 0.303 e. The van der Waals surface area contributed by atoms with Crippen molar-refractivity contribution >= 4 is 29.4 Å². The number of unbranched alkanes of at least 4 members (excludes halogenated alkanes) is 2. The molecule has 44 heavy (non-hydrogen) atoms. The number of phenolic OH excluding ortho intramolecular Hbond substituents is 1. The molecule has 4 rings (SSSR count). The summed E-state index contributed by atoms with van der Waals surface area (Å²) in [6.07, 6.45) is 4.85. The van der Waals surface area contributed by atoms with Gasteiger partial charge in [-0.25, -0.2) is 4.39 Å². The van der Waals surface area contributed by atoms with Gasteiger partial charge in [0, 0.05) is 25.1 Å². The topological polar surface area (TPSA) is 148 Å². The number of carboxylic acid groups (broad SMARTS) is 1. The number of aliphatic hydroxyl groups is 2. The number of aromatic nitrogens is 1. The lowest BCUT2D eigenvalue weighted by Crippen LogP contribution is -2.40. The van der Waals surface area contributed by atoms with Crippen molar-refractivity contribution in [3.05, 3.63) is 70.8 Å². The number of fused-ring (bicyclic) bond motifs is 1. The Labute approximate surface area is 256 Å². The Hall–Kier alpha value is -3.89. The maximum absolute atomic E-state index is 14.1. The number of phenols is 1. The Bertz CT molecular complexity index is 1420. The number of aromatic hydroxyl groups is 1. The summed E-state index contributed by atoms with van der Waals surface area (Å²) in [5.74, 6) is -4.85. The summed E-state index contributed by atoms with van der Waals surface area (Å²) in [6.45, 7) is 3.74. The highest BCUT2D eigenvalue weighted by Crippen LogP contribution is 2.48. The number of aliphatic hydroxyl groups excluding tert-OH is 2. The normalized spacial score (nSPS) is 21.3. The van der Waals surface area contributed by atoms with Crippen LogP contribution in [-0.2, 0) is 14.4 Å². The molecule has 0 unspecified atom stereocenters. The van der Waals surface area contributed by atoms with Gasteiger partial charge in [-0.3, -0.25) is 24.3 Å². The summed E-state index contributed by atoms with van der Waals surface area (Å²) in [5.41, 5.74) is 3.36. The Morgan fingerprint density at radius 2 is 1.89 bits per heavy atom. The van der Waals surface area contributed by atoms with Crippen molar-refractivity contribution in [2.75, 3.05) is 13.2 Å². The Morgan fingerprint density at radius 3 is 2.52 bits per heavy atom. The van der Waals surface area contributed by atoms with Crippen molar-refractivity contribution in [1.82, 2.24) is 9.88 Å². The molecule has 0 spiro atoms. The third-order valence-electron chi connectivity index (χ3n) is 8.73. The fourth-order valence-electron chi connectivity index (χ4n) is 6.54. The maximum atomic E-state index is 14.1. The van der Waals surface area contributed by atoms with Crippen LogP contribution in [0.4, 0.5) is 4.39 Å². The highest BCUT2D eigenvalue weighted by atomic mass is 19.1. The lowest BCUT2D eigenvalue weighted by atomic mass is 9.66. The maximum Gasteiger partial charge on any atom is 0.303 e. The van der Waals surface area contributed by atoms with Crippen molar-refractivity contribution in [3.8, 4) is 5.75 Å². The first-order chi connectivity index (χ1) is 21.0. The number of hydrogen-bond donors (Lipinski definition) is 4. The summed E-state index contributed by atoms with van der Waals surface area (Å²) in [6, 6.07) is 9.50. The van der Waals surface area contributed by atoms with E-state index in [0.29, 0.717) is 48.9 Å². The van der Waals surface area contributed by atoms with Gasteiger partial charge in [-0.15, -0.1) is 0 Å². The van der Waals surface area contributed by atoms with Gasteiger partial charge in [0.25, 0.3) is 0 Å².